The van der Waals surface area contributed by atoms with Crippen LogP contribution in [0.15, 0.2) is 41.3 Å². The van der Waals surface area contributed by atoms with Gasteiger partial charge in [0.05, 0.1) is 5.69 Å². The van der Waals surface area contributed by atoms with E-state index in [1.165, 1.54) is 6.08 Å². The number of benzene rings is 1. The fourth-order valence-electron chi connectivity index (χ4n) is 1.09. The standard InChI is InChI=1S/C11H11F2NOS/c1-2-5-10(15)14-8-6-3-4-7-9(8)16-11(12)13/h2-7,11H,1H3,(H,14,15). The summed E-state index contributed by atoms with van der Waals surface area (Å²) in [5, 5.41) is 2.54. The van der Waals surface area contributed by atoms with Gasteiger partial charge in [0.15, 0.2) is 0 Å². The number of amides is 1. The van der Waals surface area contributed by atoms with E-state index in [2.05, 4.69) is 5.32 Å². The number of para-hydroxylation sites is 1. The first-order chi connectivity index (χ1) is 7.63. The molecular weight excluding hydrogens is 232 g/mol. The second kappa shape index (κ2) is 6.27. The SMILES string of the molecule is CC=CC(=O)Nc1ccccc1SC(F)F. The number of thioether (sulfide) groups is 1. The molecule has 16 heavy (non-hydrogen) atoms. The maximum absolute atomic E-state index is 12.2. The van der Waals surface area contributed by atoms with Crippen molar-refractivity contribution in [3.63, 3.8) is 0 Å². The van der Waals surface area contributed by atoms with Gasteiger partial charge in [0.1, 0.15) is 0 Å². The molecule has 0 aromatic heterocycles. The molecule has 86 valence electrons. The second-order valence-electron chi connectivity index (χ2n) is 2.86. The summed E-state index contributed by atoms with van der Waals surface area (Å²) >= 11 is 0.413. The summed E-state index contributed by atoms with van der Waals surface area (Å²) in [6.45, 7) is 1.71. The number of nitrogens with one attached hydrogen (secondary N) is 1. The Hall–Kier alpha value is -1.36. The quantitative estimate of drug-likeness (QED) is 0.647. The highest BCUT2D eigenvalue weighted by molar-refractivity contribution is 7.99. The van der Waals surface area contributed by atoms with Crippen LogP contribution in [0.4, 0.5) is 14.5 Å². The maximum Gasteiger partial charge on any atom is 0.288 e. The largest absolute Gasteiger partial charge is 0.321 e. The smallest absolute Gasteiger partial charge is 0.288 e. The van der Waals surface area contributed by atoms with E-state index in [1.54, 1.807) is 37.3 Å². The van der Waals surface area contributed by atoms with Crippen LogP contribution in [-0.2, 0) is 4.79 Å². The number of alkyl halides is 2. The zero-order valence-corrected chi connectivity index (χ0v) is 9.43. The lowest BCUT2D eigenvalue weighted by atomic mass is 10.3. The molecule has 0 heterocycles. The van der Waals surface area contributed by atoms with Crippen LogP contribution >= 0.6 is 11.8 Å². The minimum Gasteiger partial charge on any atom is -0.321 e. The molecule has 0 aliphatic rings. The summed E-state index contributed by atoms with van der Waals surface area (Å²) in [6, 6.07) is 6.46. The van der Waals surface area contributed by atoms with Crippen molar-refractivity contribution < 1.29 is 13.6 Å². The lowest BCUT2D eigenvalue weighted by Crippen LogP contribution is -2.08. The van der Waals surface area contributed by atoms with Crippen molar-refractivity contribution in [2.24, 2.45) is 0 Å². The topological polar surface area (TPSA) is 29.1 Å². The van der Waals surface area contributed by atoms with Crippen molar-refractivity contribution in [3.05, 3.63) is 36.4 Å². The Morgan fingerprint density at radius 3 is 2.75 bits per heavy atom. The van der Waals surface area contributed by atoms with Crippen LogP contribution in [0, 0.1) is 0 Å². The molecule has 0 spiro atoms. The minimum atomic E-state index is -2.50. The van der Waals surface area contributed by atoms with E-state index in [0.29, 0.717) is 22.3 Å². The van der Waals surface area contributed by atoms with E-state index in [9.17, 15) is 13.6 Å². The first-order valence-corrected chi connectivity index (χ1v) is 5.49. The van der Waals surface area contributed by atoms with Gasteiger partial charge in [-0.05, 0) is 25.1 Å². The van der Waals surface area contributed by atoms with Crippen molar-refractivity contribution in [2.75, 3.05) is 5.32 Å². The Morgan fingerprint density at radius 1 is 1.44 bits per heavy atom. The van der Waals surface area contributed by atoms with E-state index in [0.717, 1.165) is 0 Å². The van der Waals surface area contributed by atoms with Crippen LogP contribution in [0.3, 0.4) is 0 Å². The predicted molar refractivity (Wildman–Crippen MR) is 61.7 cm³/mol. The van der Waals surface area contributed by atoms with E-state index in [4.69, 9.17) is 0 Å². The monoisotopic (exact) mass is 243 g/mol. The van der Waals surface area contributed by atoms with Crippen LogP contribution in [0.5, 0.6) is 0 Å². The lowest BCUT2D eigenvalue weighted by Gasteiger charge is -2.08. The molecule has 1 rings (SSSR count). The number of anilines is 1. The van der Waals surface area contributed by atoms with Crippen LogP contribution in [0.25, 0.3) is 0 Å². The molecule has 0 unspecified atom stereocenters. The number of rotatable bonds is 4. The van der Waals surface area contributed by atoms with Gasteiger partial charge in [0.25, 0.3) is 5.76 Å². The summed E-state index contributed by atoms with van der Waals surface area (Å²) in [4.78, 5) is 11.6. The number of hydrogen-bond donors (Lipinski definition) is 1. The molecule has 1 amide bonds. The highest BCUT2D eigenvalue weighted by Gasteiger charge is 2.10. The van der Waals surface area contributed by atoms with Crippen molar-refractivity contribution in [1.82, 2.24) is 0 Å². The van der Waals surface area contributed by atoms with Crippen molar-refractivity contribution in [3.8, 4) is 0 Å². The fourth-order valence-corrected chi connectivity index (χ4v) is 1.69. The molecule has 0 bridgehead atoms. The number of hydrogen-bond acceptors (Lipinski definition) is 2. The van der Waals surface area contributed by atoms with E-state index in [1.807, 2.05) is 0 Å². The maximum atomic E-state index is 12.2. The van der Waals surface area contributed by atoms with Crippen molar-refractivity contribution in [2.45, 2.75) is 17.6 Å². The first kappa shape index (κ1) is 12.7. The number of carbonyl (C=O) groups is 1. The van der Waals surface area contributed by atoms with Crippen LogP contribution < -0.4 is 5.32 Å². The lowest BCUT2D eigenvalue weighted by molar-refractivity contribution is -0.111. The van der Waals surface area contributed by atoms with E-state index < -0.39 is 5.76 Å². The molecule has 5 heteroatoms. The van der Waals surface area contributed by atoms with Gasteiger partial charge in [0.2, 0.25) is 5.91 Å². The summed E-state index contributed by atoms with van der Waals surface area (Å²) < 4.78 is 24.4. The van der Waals surface area contributed by atoms with Gasteiger partial charge in [-0.1, -0.05) is 30.0 Å². The van der Waals surface area contributed by atoms with E-state index in [-0.39, 0.29) is 5.91 Å². The second-order valence-corrected chi connectivity index (χ2v) is 3.90. The van der Waals surface area contributed by atoms with Crippen molar-refractivity contribution >= 4 is 23.4 Å². The van der Waals surface area contributed by atoms with Gasteiger partial charge in [-0.3, -0.25) is 4.79 Å². The van der Waals surface area contributed by atoms with Gasteiger partial charge in [-0.25, -0.2) is 0 Å². The number of halogens is 2. The van der Waals surface area contributed by atoms with Crippen LogP contribution in [0.2, 0.25) is 0 Å². The first-order valence-electron chi connectivity index (χ1n) is 4.61. The molecule has 0 fully saturated rings. The molecule has 0 saturated carbocycles. The molecular formula is C11H11F2NOS. The van der Waals surface area contributed by atoms with Gasteiger partial charge in [-0.2, -0.15) is 8.78 Å². The number of allylic oxidation sites excluding steroid dienone is 1. The molecule has 0 atom stereocenters. The zero-order valence-electron chi connectivity index (χ0n) is 8.61. The Bertz CT molecular complexity index is 393. The van der Waals surface area contributed by atoms with Crippen LogP contribution in [-0.4, -0.2) is 11.7 Å². The Balaban J connectivity index is 2.82. The average molecular weight is 243 g/mol. The zero-order chi connectivity index (χ0) is 12.0. The van der Waals surface area contributed by atoms with Gasteiger partial charge in [-0.15, -0.1) is 0 Å². The predicted octanol–water partition coefficient (Wildman–Crippen LogP) is 3.52. The molecule has 0 radical (unpaired) electrons. The highest BCUT2D eigenvalue weighted by atomic mass is 32.2. The van der Waals surface area contributed by atoms with Crippen LogP contribution in [0.1, 0.15) is 6.92 Å². The van der Waals surface area contributed by atoms with Gasteiger partial charge < -0.3 is 5.32 Å². The molecule has 1 aromatic carbocycles. The molecule has 2 nitrogen and oxygen atoms in total. The summed E-state index contributed by atoms with van der Waals surface area (Å²) in [7, 11) is 0. The highest BCUT2D eigenvalue weighted by Crippen LogP contribution is 2.31. The third-order valence-corrected chi connectivity index (χ3v) is 2.47. The molecule has 0 aliphatic carbocycles. The third-order valence-electron chi connectivity index (χ3n) is 1.68. The van der Waals surface area contributed by atoms with Gasteiger partial charge >= 0.3 is 0 Å². The summed E-state index contributed by atoms with van der Waals surface area (Å²) in [6.07, 6.45) is 2.92. The normalized spacial score (nSPS) is 11.0. The molecule has 0 saturated heterocycles. The van der Waals surface area contributed by atoms with Gasteiger partial charge in [0, 0.05) is 4.90 Å². The molecule has 1 N–H and O–H groups in total. The third kappa shape index (κ3) is 4.02. The molecule has 1 aromatic rings. The van der Waals surface area contributed by atoms with E-state index >= 15 is 0 Å². The number of carbonyl (C=O) groups excluding carboxylic acids is 1. The Labute approximate surface area is 96.7 Å². The average Bonchev–Trinajstić information content (AvgIpc) is 2.20. The Morgan fingerprint density at radius 2 is 2.12 bits per heavy atom. The van der Waals surface area contributed by atoms with Crippen molar-refractivity contribution in [1.29, 1.82) is 0 Å². The summed E-state index contributed by atoms with van der Waals surface area (Å²) in [5.41, 5.74) is 0.399. The summed E-state index contributed by atoms with van der Waals surface area (Å²) in [5.74, 6) is -2.83. The Kier molecular flexibility index (Phi) is 4.98. The fraction of sp³-hybridized carbons (Fsp3) is 0.182. The minimum absolute atomic E-state index is 0.329. The molecule has 0 aliphatic heterocycles.